The average molecular weight is 261 g/mol. The minimum Gasteiger partial charge on any atom is -0.313 e. The van der Waals surface area contributed by atoms with Crippen molar-refractivity contribution < 1.29 is 4.92 Å². The molecule has 0 unspecified atom stereocenters. The van der Waals surface area contributed by atoms with Gasteiger partial charge in [-0.25, -0.2) is 0 Å². The molecule has 102 valence electrons. The molecule has 0 bridgehead atoms. The van der Waals surface area contributed by atoms with Gasteiger partial charge < -0.3 is 5.32 Å². The van der Waals surface area contributed by atoms with Crippen LogP contribution >= 0.6 is 0 Å². The third-order valence-electron chi connectivity index (χ3n) is 3.16. The third kappa shape index (κ3) is 4.34. The molecule has 0 atom stereocenters. The number of benzene rings is 1. The van der Waals surface area contributed by atoms with Crippen LogP contribution in [0.3, 0.4) is 0 Å². The van der Waals surface area contributed by atoms with Crippen LogP contribution < -0.4 is 5.32 Å². The Bertz CT molecular complexity index is 504. The lowest BCUT2D eigenvalue weighted by molar-refractivity contribution is -0.385. The van der Waals surface area contributed by atoms with Gasteiger partial charge in [0.1, 0.15) is 0 Å². The Morgan fingerprint density at radius 1 is 1.47 bits per heavy atom. The summed E-state index contributed by atoms with van der Waals surface area (Å²) >= 11 is 0. The van der Waals surface area contributed by atoms with Gasteiger partial charge >= 0.3 is 0 Å². The number of rotatable bonds is 6. The zero-order chi connectivity index (χ0) is 14.5. The van der Waals surface area contributed by atoms with Gasteiger partial charge in [-0.3, -0.25) is 10.1 Å². The molecule has 0 saturated heterocycles. The zero-order valence-electron chi connectivity index (χ0n) is 11.6. The normalized spacial score (nSPS) is 11.1. The van der Waals surface area contributed by atoms with E-state index in [9.17, 15) is 10.1 Å². The molecule has 1 aromatic carbocycles. The van der Waals surface area contributed by atoms with Crippen molar-refractivity contribution in [2.24, 2.45) is 5.41 Å². The van der Waals surface area contributed by atoms with Gasteiger partial charge in [-0.1, -0.05) is 12.1 Å². The first kappa shape index (κ1) is 15.1. The first-order valence-electron chi connectivity index (χ1n) is 6.22. The van der Waals surface area contributed by atoms with Crippen molar-refractivity contribution in [3.63, 3.8) is 0 Å². The molecule has 0 aromatic heterocycles. The maximum absolute atomic E-state index is 10.8. The molecule has 1 aromatic rings. The van der Waals surface area contributed by atoms with E-state index in [0.29, 0.717) is 18.7 Å². The Morgan fingerprint density at radius 3 is 2.74 bits per heavy atom. The van der Waals surface area contributed by atoms with Crippen LogP contribution in [-0.4, -0.2) is 11.5 Å². The highest BCUT2D eigenvalue weighted by atomic mass is 16.6. The molecule has 0 saturated carbocycles. The van der Waals surface area contributed by atoms with E-state index in [4.69, 9.17) is 5.26 Å². The van der Waals surface area contributed by atoms with Crippen LogP contribution in [0.4, 0.5) is 5.69 Å². The fourth-order valence-electron chi connectivity index (χ4n) is 1.74. The van der Waals surface area contributed by atoms with Gasteiger partial charge in [-0.05, 0) is 39.3 Å². The van der Waals surface area contributed by atoms with Crippen LogP contribution in [-0.2, 0) is 6.54 Å². The molecular weight excluding hydrogens is 242 g/mol. The van der Waals surface area contributed by atoms with Crippen LogP contribution in [0.1, 0.15) is 31.4 Å². The second kappa shape index (κ2) is 6.30. The molecule has 0 aliphatic carbocycles. The Kier molecular flexibility index (Phi) is 5.02. The molecule has 5 nitrogen and oxygen atoms in total. The Balaban J connectivity index is 2.58. The second-order valence-corrected chi connectivity index (χ2v) is 5.24. The molecule has 0 aliphatic heterocycles. The molecule has 19 heavy (non-hydrogen) atoms. The first-order chi connectivity index (χ1) is 8.87. The van der Waals surface area contributed by atoms with E-state index < -0.39 is 0 Å². The maximum Gasteiger partial charge on any atom is 0.272 e. The maximum atomic E-state index is 10.8. The van der Waals surface area contributed by atoms with Crippen LogP contribution in [0.15, 0.2) is 18.2 Å². The van der Waals surface area contributed by atoms with Crippen molar-refractivity contribution in [2.45, 2.75) is 33.7 Å². The second-order valence-electron chi connectivity index (χ2n) is 5.24. The molecule has 0 radical (unpaired) electrons. The molecule has 0 amide bonds. The minimum atomic E-state index is -0.363. The van der Waals surface area contributed by atoms with Gasteiger partial charge in [-0.15, -0.1) is 0 Å². The lowest BCUT2D eigenvalue weighted by atomic mass is 9.91. The number of nitrogens with zero attached hydrogens (tertiary/aromatic N) is 2. The fraction of sp³-hybridized carbons (Fsp3) is 0.500. The SMILES string of the molecule is Cc1c(CNCCC(C)(C)C#N)cccc1[N+](=O)[O-]. The summed E-state index contributed by atoms with van der Waals surface area (Å²) in [6.45, 7) is 6.84. The van der Waals surface area contributed by atoms with Crippen molar-refractivity contribution in [2.75, 3.05) is 6.54 Å². The Morgan fingerprint density at radius 2 is 2.16 bits per heavy atom. The summed E-state index contributed by atoms with van der Waals surface area (Å²) in [5, 5.41) is 22.9. The molecule has 1 rings (SSSR count). The average Bonchev–Trinajstić information content (AvgIpc) is 2.36. The zero-order valence-corrected chi connectivity index (χ0v) is 11.6. The summed E-state index contributed by atoms with van der Waals surface area (Å²) in [5.41, 5.74) is 1.42. The van der Waals surface area contributed by atoms with E-state index in [-0.39, 0.29) is 16.0 Å². The van der Waals surface area contributed by atoms with E-state index in [1.807, 2.05) is 19.9 Å². The largest absolute Gasteiger partial charge is 0.313 e. The quantitative estimate of drug-likeness (QED) is 0.485. The van der Waals surface area contributed by atoms with Gasteiger partial charge in [0, 0.05) is 18.2 Å². The molecule has 1 N–H and O–H groups in total. The van der Waals surface area contributed by atoms with Crippen molar-refractivity contribution in [3.8, 4) is 6.07 Å². The smallest absolute Gasteiger partial charge is 0.272 e. The number of hydrogen-bond acceptors (Lipinski definition) is 4. The molecule has 0 aliphatic rings. The van der Waals surface area contributed by atoms with Crippen molar-refractivity contribution in [3.05, 3.63) is 39.4 Å². The summed E-state index contributed by atoms with van der Waals surface area (Å²) in [4.78, 5) is 10.5. The summed E-state index contributed by atoms with van der Waals surface area (Å²) in [6, 6.07) is 7.33. The highest BCUT2D eigenvalue weighted by Gasteiger charge is 2.16. The summed E-state index contributed by atoms with van der Waals surface area (Å²) < 4.78 is 0. The van der Waals surface area contributed by atoms with Gasteiger partial charge in [0.15, 0.2) is 0 Å². The van der Waals surface area contributed by atoms with E-state index in [2.05, 4.69) is 11.4 Å². The predicted molar refractivity (Wildman–Crippen MR) is 73.6 cm³/mol. The molecular formula is C14H19N3O2. The summed E-state index contributed by atoms with van der Waals surface area (Å²) in [6.07, 6.45) is 0.747. The number of nitrogens with one attached hydrogen (secondary N) is 1. The van der Waals surface area contributed by atoms with Gasteiger partial charge in [-0.2, -0.15) is 5.26 Å². The number of nitro groups is 1. The molecule has 5 heteroatoms. The molecule has 0 heterocycles. The lowest BCUT2D eigenvalue weighted by Crippen LogP contribution is -2.21. The van der Waals surface area contributed by atoms with Crippen LogP contribution in [0, 0.1) is 33.8 Å². The van der Waals surface area contributed by atoms with Gasteiger partial charge in [0.05, 0.1) is 16.4 Å². The fourth-order valence-corrected chi connectivity index (χ4v) is 1.74. The van der Waals surface area contributed by atoms with Gasteiger partial charge in [0.2, 0.25) is 0 Å². The van der Waals surface area contributed by atoms with E-state index in [1.54, 1.807) is 13.0 Å². The topological polar surface area (TPSA) is 79.0 Å². The first-order valence-corrected chi connectivity index (χ1v) is 6.22. The molecule has 0 fully saturated rings. The minimum absolute atomic E-state index is 0.150. The third-order valence-corrected chi connectivity index (χ3v) is 3.16. The summed E-state index contributed by atoms with van der Waals surface area (Å²) in [7, 11) is 0. The molecule has 0 spiro atoms. The van der Waals surface area contributed by atoms with Gasteiger partial charge in [0.25, 0.3) is 5.69 Å². The van der Waals surface area contributed by atoms with Crippen molar-refractivity contribution in [1.82, 2.24) is 5.32 Å². The number of nitro benzene ring substituents is 1. The lowest BCUT2D eigenvalue weighted by Gasteiger charge is -2.15. The Labute approximate surface area is 113 Å². The highest BCUT2D eigenvalue weighted by molar-refractivity contribution is 5.44. The number of nitriles is 1. The standard InChI is InChI=1S/C14H19N3O2/c1-11-12(5-4-6-13(11)17(18)19)9-16-8-7-14(2,3)10-15/h4-6,16H,7-9H2,1-3H3. The van der Waals surface area contributed by atoms with Crippen LogP contribution in [0.25, 0.3) is 0 Å². The van der Waals surface area contributed by atoms with E-state index in [0.717, 1.165) is 12.0 Å². The van der Waals surface area contributed by atoms with Crippen LogP contribution in [0.5, 0.6) is 0 Å². The van der Waals surface area contributed by atoms with Crippen LogP contribution in [0.2, 0.25) is 0 Å². The monoisotopic (exact) mass is 261 g/mol. The number of hydrogen-bond donors (Lipinski definition) is 1. The van der Waals surface area contributed by atoms with E-state index in [1.165, 1.54) is 6.07 Å². The predicted octanol–water partition coefficient (Wildman–Crippen LogP) is 2.93. The van der Waals surface area contributed by atoms with Crippen molar-refractivity contribution in [1.29, 1.82) is 5.26 Å². The highest BCUT2D eigenvalue weighted by Crippen LogP contribution is 2.21. The van der Waals surface area contributed by atoms with Crippen molar-refractivity contribution >= 4 is 5.69 Å². The Hall–Kier alpha value is -1.93. The summed E-state index contributed by atoms with van der Waals surface area (Å²) in [5.74, 6) is 0. The van der Waals surface area contributed by atoms with E-state index >= 15 is 0 Å².